The molecule has 1 aromatic carbocycles. The Hall–Kier alpha value is -2.14. The average molecular weight is 367 g/mol. The van der Waals surface area contributed by atoms with E-state index in [0.29, 0.717) is 23.5 Å². The van der Waals surface area contributed by atoms with E-state index < -0.39 is 0 Å². The van der Waals surface area contributed by atoms with E-state index in [2.05, 4.69) is 30.8 Å². The second kappa shape index (κ2) is 6.48. The second-order valence-electron chi connectivity index (χ2n) is 9.36. The average Bonchev–Trinajstić information content (AvgIpc) is 2.85. The van der Waals surface area contributed by atoms with E-state index in [4.69, 9.17) is 4.74 Å². The number of fused-ring (bicyclic) bond motifs is 2. The molecule has 2 aromatic rings. The molecule has 0 unspecified atom stereocenters. The molecule has 2 bridgehead atoms. The molecule has 5 nitrogen and oxygen atoms in total. The van der Waals surface area contributed by atoms with Crippen LogP contribution < -0.4 is 10.3 Å². The molecule has 0 N–H and O–H groups in total. The number of hydrogen-bond donors (Lipinski definition) is 0. The Morgan fingerprint density at radius 2 is 1.93 bits per heavy atom. The van der Waals surface area contributed by atoms with Gasteiger partial charge in [0.15, 0.2) is 0 Å². The lowest BCUT2D eigenvalue weighted by atomic mass is 9.65. The van der Waals surface area contributed by atoms with Crippen molar-refractivity contribution in [3.05, 3.63) is 46.8 Å². The van der Waals surface area contributed by atoms with Crippen LogP contribution in [0.4, 0.5) is 0 Å². The second-order valence-corrected chi connectivity index (χ2v) is 9.36. The third-order valence-corrected chi connectivity index (χ3v) is 6.09. The lowest BCUT2D eigenvalue weighted by Crippen LogP contribution is -2.38. The molecule has 144 valence electrons. The van der Waals surface area contributed by atoms with Gasteiger partial charge in [-0.1, -0.05) is 32.9 Å². The van der Waals surface area contributed by atoms with Crippen molar-refractivity contribution in [1.29, 1.82) is 0 Å². The van der Waals surface area contributed by atoms with Crippen molar-refractivity contribution in [2.24, 2.45) is 10.8 Å². The van der Waals surface area contributed by atoms with E-state index in [1.165, 1.54) is 19.3 Å². The van der Waals surface area contributed by atoms with Gasteiger partial charge in [0.25, 0.3) is 5.56 Å². The van der Waals surface area contributed by atoms with Crippen LogP contribution in [0.3, 0.4) is 0 Å². The molecule has 0 radical (unpaired) electrons. The molecule has 2 fully saturated rings. The van der Waals surface area contributed by atoms with Crippen LogP contribution >= 0.6 is 0 Å². The zero-order chi connectivity index (χ0) is 19.2. The summed E-state index contributed by atoms with van der Waals surface area (Å²) in [5.41, 5.74) is 2.32. The minimum Gasteiger partial charge on any atom is -0.496 e. The standard InChI is InChI=1S/C22H29N3O2/c1-21(2)11-16-12-22(3,13-21)14-24(16)15-25-20(26)10-9-18(23-25)17-7-5-6-8-19(17)27-4/h5-10,16H,11-15H2,1-4H3/t16-,22-/m0/s1. The minimum absolute atomic E-state index is 0.0560. The fourth-order valence-electron chi connectivity index (χ4n) is 5.46. The maximum Gasteiger partial charge on any atom is 0.268 e. The van der Waals surface area contributed by atoms with Gasteiger partial charge in [-0.15, -0.1) is 0 Å². The van der Waals surface area contributed by atoms with Crippen molar-refractivity contribution >= 4 is 0 Å². The molecule has 2 atom stereocenters. The third kappa shape index (κ3) is 3.53. The van der Waals surface area contributed by atoms with Gasteiger partial charge in [-0.3, -0.25) is 9.69 Å². The van der Waals surface area contributed by atoms with Crippen LogP contribution in [0.15, 0.2) is 41.2 Å². The molecule has 5 heteroatoms. The molecule has 0 spiro atoms. The Morgan fingerprint density at radius 3 is 2.70 bits per heavy atom. The van der Waals surface area contributed by atoms with Crippen molar-refractivity contribution in [3.63, 3.8) is 0 Å². The normalized spacial score (nSPS) is 26.9. The molecule has 2 aliphatic rings. The highest BCUT2D eigenvalue weighted by Gasteiger charge is 2.49. The number of hydrogen-bond acceptors (Lipinski definition) is 4. The van der Waals surface area contributed by atoms with Crippen LogP contribution in [0.2, 0.25) is 0 Å². The van der Waals surface area contributed by atoms with E-state index in [0.717, 1.165) is 23.6 Å². The molecular weight excluding hydrogens is 338 g/mol. The Kier molecular flexibility index (Phi) is 4.38. The zero-order valence-corrected chi connectivity index (χ0v) is 16.7. The number of aromatic nitrogens is 2. The molecule has 27 heavy (non-hydrogen) atoms. The highest BCUT2D eigenvalue weighted by molar-refractivity contribution is 5.66. The topological polar surface area (TPSA) is 47.4 Å². The summed E-state index contributed by atoms with van der Waals surface area (Å²) in [5, 5.41) is 4.67. The summed E-state index contributed by atoms with van der Waals surface area (Å²) in [6.07, 6.45) is 3.65. The Morgan fingerprint density at radius 1 is 1.15 bits per heavy atom. The van der Waals surface area contributed by atoms with Crippen LogP contribution in [0.5, 0.6) is 5.75 Å². The molecule has 1 aromatic heterocycles. The van der Waals surface area contributed by atoms with Crippen LogP contribution in [0, 0.1) is 10.8 Å². The van der Waals surface area contributed by atoms with Gasteiger partial charge >= 0.3 is 0 Å². The van der Waals surface area contributed by atoms with Gasteiger partial charge in [0.05, 0.1) is 19.5 Å². The van der Waals surface area contributed by atoms with Gasteiger partial charge in [0.1, 0.15) is 5.75 Å². The summed E-state index contributed by atoms with van der Waals surface area (Å²) in [7, 11) is 1.65. The van der Waals surface area contributed by atoms with E-state index in [-0.39, 0.29) is 5.56 Å². The highest BCUT2D eigenvalue weighted by Crippen LogP contribution is 2.52. The summed E-state index contributed by atoms with van der Waals surface area (Å²) < 4.78 is 7.07. The maximum absolute atomic E-state index is 12.5. The summed E-state index contributed by atoms with van der Waals surface area (Å²) in [4.78, 5) is 14.9. The first-order valence-corrected chi connectivity index (χ1v) is 9.74. The minimum atomic E-state index is -0.0560. The predicted molar refractivity (Wildman–Crippen MR) is 107 cm³/mol. The molecule has 1 aliphatic heterocycles. The van der Waals surface area contributed by atoms with Gasteiger partial charge in [-0.2, -0.15) is 5.10 Å². The quantitative estimate of drug-likeness (QED) is 0.825. The zero-order valence-electron chi connectivity index (χ0n) is 16.7. The number of para-hydroxylation sites is 1. The van der Waals surface area contributed by atoms with Crippen LogP contribution in [0.25, 0.3) is 11.3 Å². The number of nitrogens with zero attached hydrogens (tertiary/aromatic N) is 3. The number of rotatable bonds is 4. The van der Waals surface area contributed by atoms with Crippen LogP contribution in [0.1, 0.15) is 40.0 Å². The van der Waals surface area contributed by atoms with Crippen molar-refractivity contribution in [2.45, 2.75) is 52.7 Å². The van der Waals surface area contributed by atoms with Gasteiger partial charge in [-0.05, 0) is 48.3 Å². The maximum atomic E-state index is 12.5. The van der Waals surface area contributed by atoms with Crippen molar-refractivity contribution < 1.29 is 4.74 Å². The largest absolute Gasteiger partial charge is 0.496 e. The molecular formula is C22H29N3O2. The fourth-order valence-corrected chi connectivity index (χ4v) is 5.46. The van der Waals surface area contributed by atoms with Crippen LogP contribution in [-0.2, 0) is 6.67 Å². The Balaban J connectivity index is 1.63. The fraction of sp³-hybridized carbons (Fsp3) is 0.545. The summed E-state index contributed by atoms with van der Waals surface area (Å²) in [5.74, 6) is 0.765. The first-order valence-electron chi connectivity index (χ1n) is 9.74. The van der Waals surface area contributed by atoms with Crippen molar-refractivity contribution in [1.82, 2.24) is 14.7 Å². The molecule has 0 amide bonds. The van der Waals surface area contributed by atoms with Gasteiger partial charge in [0.2, 0.25) is 0 Å². The summed E-state index contributed by atoms with van der Waals surface area (Å²) >= 11 is 0. The van der Waals surface area contributed by atoms with E-state index in [1.54, 1.807) is 23.9 Å². The molecule has 1 saturated carbocycles. The Labute approximate surface area is 161 Å². The lowest BCUT2D eigenvalue weighted by molar-refractivity contribution is 0.119. The van der Waals surface area contributed by atoms with E-state index in [1.807, 2.05) is 24.3 Å². The molecule has 4 rings (SSSR count). The summed E-state index contributed by atoms with van der Waals surface area (Å²) in [6, 6.07) is 11.7. The third-order valence-electron chi connectivity index (χ3n) is 6.09. The number of ether oxygens (including phenoxy) is 1. The van der Waals surface area contributed by atoms with Crippen LogP contribution in [-0.4, -0.2) is 34.4 Å². The van der Waals surface area contributed by atoms with E-state index >= 15 is 0 Å². The Bertz CT molecular complexity index is 904. The first kappa shape index (κ1) is 18.2. The van der Waals surface area contributed by atoms with E-state index in [9.17, 15) is 4.79 Å². The number of benzene rings is 1. The molecule has 2 heterocycles. The monoisotopic (exact) mass is 367 g/mol. The molecule has 1 saturated heterocycles. The number of likely N-dealkylation sites (tertiary alicyclic amines) is 1. The molecule has 1 aliphatic carbocycles. The lowest BCUT2D eigenvalue weighted by Gasteiger charge is -2.39. The van der Waals surface area contributed by atoms with Gasteiger partial charge < -0.3 is 4.74 Å². The predicted octanol–water partition coefficient (Wildman–Crippen LogP) is 3.78. The highest BCUT2D eigenvalue weighted by atomic mass is 16.5. The van der Waals surface area contributed by atoms with Gasteiger partial charge in [-0.25, -0.2) is 4.68 Å². The van der Waals surface area contributed by atoms with Gasteiger partial charge in [0, 0.05) is 24.2 Å². The van der Waals surface area contributed by atoms with Crippen molar-refractivity contribution in [2.75, 3.05) is 13.7 Å². The SMILES string of the molecule is COc1ccccc1-c1ccc(=O)n(CN2C[C@@]3(C)C[C@@H]2CC(C)(C)C3)n1. The number of methoxy groups -OCH3 is 1. The van der Waals surface area contributed by atoms with Crippen molar-refractivity contribution in [3.8, 4) is 17.0 Å². The smallest absolute Gasteiger partial charge is 0.268 e. The summed E-state index contributed by atoms with van der Waals surface area (Å²) in [6.45, 7) is 8.72. The first-order chi connectivity index (χ1) is 12.8.